The number of thiocarbonyl (C=S) groups is 1. The number of carbonyl (C=O) groups is 2. The zero-order valence-electron chi connectivity index (χ0n) is 21.6. The molecule has 0 bridgehead atoms. The van der Waals surface area contributed by atoms with Crippen LogP contribution in [0.1, 0.15) is 23.6 Å². The predicted molar refractivity (Wildman–Crippen MR) is 156 cm³/mol. The molecule has 1 heterocycles. The molecule has 1 aliphatic rings. The lowest BCUT2D eigenvalue weighted by atomic mass is 10.1. The van der Waals surface area contributed by atoms with Crippen molar-refractivity contribution in [2.24, 2.45) is 0 Å². The number of amides is 2. The maximum absolute atomic E-state index is 13.2. The van der Waals surface area contributed by atoms with Crippen LogP contribution < -0.4 is 24.4 Å². The Hall–Kier alpha value is -3.82. The average Bonchev–Trinajstić information content (AvgIpc) is 3.17. The third-order valence-electron chi connectivity index (χ3n) is 5.82. The molecule has 196 valence electrons. The van der Waals surface area contributed by atoms with Crippen molar-refractivity contribution in [3.8, 4) is 17.2 Å². The number of hydrogen-bond donors (Lipinski definition) is 1. The molecule has 7 nitrogen and oxygen atoms in total. The molecule has 2 amide bonds. The Labute approximate surface area is 231 Å². The molecule has 9 heteroatoms. The Morgan fingerprint density at radius 2 is 1.84 bits per heavy atom. The molecule has 4 rings (SSSR count). The Morgan fingerprint density at radius 3 is 2.58 bits per heavy atom. The minimum Gasteiger partial charge on any atom is -0.497 e. The van der Waals surface area contributed by atoms with Crippen molar-refractivity contribution >= 4 is 57.6 Å². The fraction of sp³-hybridized carbons (Fsp3) is 0.207. The summed E-state index contributed by atoms with van der Waals surface area (Å²) in [6, 6.07) is 18.2. The molecule has 3 aromatic carbocycles. The smallest absolute Gasteiger partial charge is 0.270 e. The normalized spacial score (nSPS) is 14.1. The molecule has 0 atom stereocenters. The molecule has 0 radical (unpaired) electrons. The summed E-state index contributed by atoms with van der Waals surface area (Å²) < 4.78 is 17.2. The first-order valence-electron chi connectivity index (χ1n) is 12.0. The highest BCUT2D eigenvalue weighted by molar-refractivity contribution is 8.27. The number of nitrogens with zero attached hydrogens (tertiary/aromatic N) is 1. The van der Waals surface area contributed by atoms with Gasteiger partial charge in [0.25, 0.3) is 11.8 Å². The van der Waals surface area contributed by atoms with Crippen LogP contribution in [0.15, 0.2) is 65.6 Å². The Bertz CT molecular complexity index is 1420. The van der Waals surface area contributed by atoms with Crippen molar-refractivity contribution in [2.45, 2.75) is 20.8 Å². The van der Waals surface area contributed by atoms with E-state index in [9.17, 15) is 9.59 Å². The topological polar surface area (TPSA) is 77.1 Å². The van der Waals surface area contributed by atoms with Crippen molar-refractivity contribution in [1.82, 2.24) is 0 Å². The highest BCUT2D eigenvalue weighted by Crippen LogP contribution is 2.37. The molecule has 1 saturated heterocycles. The number of aryl methyl sites for hydroxylation is 2. The van der Waals surface area contributed by atoms with Gasteiger partial charge in [-0.2, -0.15) is 0 Å². The van der Waals surface area contributed by atoms with Gasteiger partial charge in [0.05, 0.1) is 24.3 Å². The van der Waals surface area contributed by atoms with Gasteiger partial charge >= 0.3 is 0 Å². The SMILES string of the molecule is CCOc1cc(/C=C2\SC(=S)N(c3ccc(C)c(C)c3)C2=O)ccc1OCC(=O)Nc1cccc(OC)c1. The van der Waals surface area contributed by atoms with Crippen LogP contribution >= 0.6 is 24.0 Å². The van der Waals surface area contributed by atoms with Crippen molar-refractivity contribution in [3.63, 3.8) is 0 Å². The largest absolute Gasteiger partial charge is 0.497 e. The van der Waals surface area contributed by atoms with Gasteiger partial charge in [0.2, 0.25) is 0 Å². The molecule has 1 aliphatic heterocycles. The predicted octanol–water partition coefficient (Wildman–Crippen LogP) is 6.13. The van der Waals surface area contributed by atoms with E-state index in [1.54, 1.807) is 60.6 Å². The summed E-state index contributed by atoms with van der Waals surface area (Å²) in [5.41, 5.74) is 4.36. The summed E-state index contributed by atoms with van der Waals surface area (Å²) in [7, 11) is 1.56. The number of ether oxygens (including phenoxy) is 3. The molecule has 3 aromatic rings. The summed E-state index contributed by atoms with van der Waals surface area (Å²) in [5, 5.41) is 2.78. The third-order valence-corrected chi connectivity index (χ3v) is 7.12. The second kappa shape index (κ2) is 12.1. The number of methoxy groups -OCH3 is 1. The summed E-state index contributed by atoms with van der Waals surface area (Å²) in [5.74, 6) is 1.05. The standard InChI is InChI=1S/C29H28N2O5S2/c1-5-35-25-14-20(10-12-24(25)36-17-27(32)30-21-7-6-8-23(16-21)34-4)15-26-28(33)31(29(37)38-26)22-11-9-18(2)19(3)13-22/h6-16H,5,17H2,1-4H3,(H,30,32)/b26-15-. The lowest BCUT2D eigenvalue weighted by Crippen LogP contribution is -2.27. The summed E-state index contributed by atoms with van der Waals surface area (Å²) >= 11 is 6.77. The van der Waals surface area contributed by atoms with Gasteiger partial charge in [0, 0.05) is 11.8 Å². The number of anilines is 2. The minimum atomic E-state index is -0.320. The molecule has 1 fully saturated rings. The second-order valence-electron chi connectivity index (χ2n) is 8.49. The summed E-state index contributed by atoms with van der Waals surface area (Å²) in [6.07, 6.45) is 1.78. The van der Waals surface area contributed by atoms with Crippen LogP contribution in [0.3, 0.4) is 0 Å². The van der Waals surface area contributed by atoms with Crippen molar-refractivity contribution < 1.29 is 23.8 Å². The van der Waals surface area contributed by atoms with Crippen molar-refractivity contribution in [1.29, 1.82) is 0 Å². The van der Waals surface area contributed by atoms with E-state index in [2.05, 4.69) is 5.32 Å². The number of rotatable bonds is 9. The number of nitrogens with one attached hydrogen (secondary N) is 1. The van der Waals surface area contributed by atoms with Crippen LogP contribution in [0.25, 0.3) is 6.08 Å². The first kappa shape index (κ1) is 27.2. The molecule has 0 aromatic heterocycles. The molecular weight excluding hydrogens is 520 g/mol. The fourth-order valence-electron chi connectivity index (χ4n) is 3.75. The van der Waals surface area contributed by atoms with Gasteiger partial charge in [-0.05, 0) is 79.9 Å². The van der Waals surface area contributed by atoms with Crippen LogP contribution in [-0.4, -0.2) is 36.5 Å². The minimum absolute atomic E-state index is 0.171. The highest BCUT2D eigenvalue weighted by atomic mass is 32.2. The van der Waals surface area contributed by atoms with Gasteiger partial charge < -0.3 is 19.5 Å². The van der Waals surface area contributed by atoms with Crippen LogP contribution in [0.4, 0.5) is 11.4 Å². The fourth-order valence-corrected chi connectivity index (χ4v) is 5.05. The van der Waals surface area contributed by atoms with Crippen molar-refractivity contribution in [2.75, 3.05) is 30.5 Å². The van der Waals surface area contributed by atoms with Gasteiger partial charge in [-0.15, -0.1) is 0 Å². The Kier molecular flexibility index (Phi) is 8.70. The molecule has 0 aliphatic carbocycles. The van der Waals surface area contributed by atoms with E-state index in [4.69, 9.17) is 26.4 Å². The van der Waals surface area contributed by atoms with Gasteiger partial charge in [-0.3, -0.25) is 14.5 Å². The van der Waals surface area contributed by atoms with E-state index in [-0.39, 0.29) is 18.4 Å². The number of carbonyl (C=O) groups excluding carboxylic acids is 2. The van der Waals surface area contributed by atoms with E-state index in [1.165, 1.54) is 11.8 Å². The van der Waals surface area contributed by atoms with Gasteiger partial charge in [0.1, 0.15) is 5.75 Å². The molecule has 0 spiro atoms. The first-order valence-corrected chi connectivity index (χ1v) is 13.2. The van der Waals surface area contributed by atoms with Crippen molar-refractivity contribution in [3.05, 3.63) is 82.3 Å². The summed E-state index contributed by atoms with van der Waals surface area (Å²) in [4.78, 5) is 27.7. The van der Waals surface area contributed by atoms with E-state index >= 15 is 0 Å². The van der Waals surface area contributed by atoms with Crippen LogP contribution in [0.5, 0.6) is 17.2 Å². The lowest BCUT2D eigenvalue weighted by Gasteiger charge is -2.16. The second-order valence-corrected chi connectivity index (χ2v) is 10.2. The molecule has 0 unspecified atom stereocenters. The highest BCUT2D eigenvalue weighted by Gasteiger charge is 2.33. The van der Waals surface area contributed by atoms with E-state index < -0.39 is 0 Å². The monoisotopic (exact) mass is 548 g/mol. The van der Waals surface area contributed by atoms with Gasteiger partial charge in [0.15, 0.2) is 22.4 Å². The van der Waals surface area contributed by atoms with E-state index in [1.807, 2.05) is 39.0 Å². The zero-order valence-corrected chi connectivity index (χ0v) is 23.2. The maximum Gasteiger partial charge on any atom is 0.270 e. The molecule has 38 heavy (non-hydrogen) atoms. The number of thioether (sulfide) groups is 1. The maximum atomic E-state index is 13.2. The Morgan fingerprint density at radius 1 is 1.03 bits per heavy atom. The number of hydrogen-bond acceptors (Lipinski definition) is 7. The van der Waals surface area contributed by atoms with Crippen LogP contribution in [0.2, 0.25) is 0 Å². The van der Waals surface area contributed by atoms with Gasteiger partial charge in [-0.1, -0.05) is 42.2 Å². The molecular formula is C29H28N2O5S2. The number of benzene rings is 3. The average molecular weight is 549 g/mol. The zero-order chi connectivity index (χ0) is 27.2. The lowest BCUT2D eigenvalue weighted by molar-refractivity contribution is -0.118. The Balaban J connectivity index is 1.47. The van der Waals surface area contributed by atoms with Gasteiger partial charge in [-0.25, -0.2) is 0 Å². The van der Waals surface area contributed by atoms with E-state index in [0.29, 0.717) is 38.8 Å². The van der Waals surface area contributed by atoms with E-state index in [0.717, 1.165) is 22.4 Å². The molecule has 0 saturated carbocycles. The van der Waals surface area contributed by atoms with Crippen LogP contribution in [0, 0.1) is 13.8 Å². The third kappa shape index (κ3) is 6.35. The molecule has 1 N–H and O–H groups in total. The first-order chi connectivity index (χ1) is 18.3. The quantitative estimate of drug-likeness (QED) is 0.254. The van der Waals surface area contributed by atoms with Crippen LogP contribution in [-0.2, 0) is 9.59 Å². The summed E-state index contributed by atoms with van der Waals surface area (Å²) in [6.45, 7) is 6.10.